The van der Waals surface area contributed by atoms with Gasteiger partial charge in [-0.15, -0.1) is 11.3 Å². The van der Waals surface area contributed by atoms with Crippen LogP contribution in [0.2, 0.25) is 0 Å². The van der Waals surface area contributed by atoms with Crippen molar-refractivity contribution in [3.05, 3.63) is 21.4 Å². The second-order valence-corrected chi connectivity index (χ2v) is 7.20. The van der Waals surface area contributed by atoms with Crippen molar-refractivity contribution in [2.45, 2.75) is 52.0 Å². The van der Waals surface area contributed by atoms with E-state index in [1.54, 1.807) is 11.3 Å². The van der Waals surface area contributed by atoms with Gasteiger partial charge in [-0.3, -0.25) is 9.59 Å². The number of hydrogen-bond donors (Lipinski definition) is 2. The third kappa shape index (κ3) is 3.82. The SMILES string of the molecule is CC(C)(C)NC(=O)CNC(=O)c1csc2c1CCCC2. The maximum atomic E-state index is 12.2. The van der Waals surface area contributed by atoms with Gasteiger partial charge in [0.15, 0.2) is 0 Å². The second kappa shape index (κ2) is 5.95. The molecule has 0 radical (unpaired) electrons. The van der Waals surface area contributed by atoms with Crippen LogP contribution in [0.25, 0.3) is 0 Å². The number of nitrogens with one attached hydrogen (secondary N) is 2. The predicted octanol–water partition coefficient (Wildman–Crippen LogP) is 2.27. The number of aryl methyl sites for hydroxylation is 1. The molecule has 0 atom stereocenters. The second-order valence-electron chi connectivity index (χ2n) is 6.24. The van der Waals surface area contributed by atoms with E-state index in [-0.39, 0.29) is 23.9 Å². The van der Waals surface area contributed by atoms with Crippen LogP contribution in [-0.2, 0) is 17.6 Å². The Kier molecular flexibility index (Phi) is 4.48. The highest BCUT2D eigenvalue weighted by molar-refractivity contribution is 7.10. The first-order chi connectivity index (χ1) is 9.37. The van der Waals surface area contributed by atoms with Crippen molar-refractivity contribution in [3.63, 3.8) is 0 Å². The van der Waals surface area contributed by atoms with Crippen molar-refractivity contribution in [2.75, 3.05) is 6.54 Å². The van der Waals surface area contributed by atoms with Crippen molar-refractivity contribution in [1.82, 2.24) is 10.6 Å². The molecular formula is C15H22N2O2S. The zero-order valence-electron chi connectivity index (χ0n) is 12.3. The molecule has 0 saturated heterocycles. The van der Waals surface area contributed by atoms with Gasteiger partial charge in [-0.25, -0.2) is 0 Å². The Labute approximate surface area is 124 Å². The van der Waals surface area contributed by atoms with Gasteiger partial charge in [-0.05, 0) is 52.0 Å². The van der Waals surface area contributed by atoms with Crippen LogP contribution in [0.3, 0.4) is 0 Å². The molecule has 4 nitrogen and oxygen atoms in total. The molecule has 110 valence electrons. The third-order valence-corrected chi connectivity index (χ3v) is 4.32. The molecule has 0 aromatic carbocycles. The van der Waals surface area contributed by atoms with Gasteiger partial charge >= 0.3 is 0 Å². The third-order valence-electron chi connectivity index (χ3n) is 3.23. The first-order valence-electron chi connectivity index (χ1n) is 7.05. The average Bonchev–Trinajstić information content (AvgIpc) is 2.78. The van der Waals surface area contributed by atoms with E-state index in [0.717, 1.165) is 24.8 Å². The van der Waals surface area contributed by atoms with Crippen LogP contribution in [0.5, 0.6) is 0 Å². The Morgan fingerprint density at radius 1 is 1.25 bits per heavy atom. The van der Waals surface area contributed by atoms with Crippen LogP contribution in [0.1, 0.15) is 54.4 Å². The highest BCUT2D eigenvalue weighted by Crippen LogP contribution is 2.29. The van der Waals surface area contributed by atoms with Gasteiger partial charge < -0.3 is 10.6 Å². The van der Waals surface area contributed by atoms with Gasteiger partial charge in [0.25, 0.3) is 5.91 Å². The highest BCUT2D eigenvalue weighted by Gasteiger charge is 2.21. The van der Waals surface area contributed by atoms with E-state index >= 15 is 0 Å². The highest BCUT2D eigenvalue weighted by atomic mass is 32.1. The molecule has 1 aliphatic carbocycles. The number of thiophene rings is 1. The standard InChI is InChI=1S/C15H22N2O2S/c1-15(2,3)17-13(18)8-16-14(19)11-9-20-12-7-5-4-6-10(11)12/h9H,4-8H2,1-3H3,(H,16,19)(H,17,18). The monoisotopic (exact) mass is 294 g/mol. The number of hydrogen-bond acceptors (Lipinski definition) is 3. The number of amides is 2. The summed E-state index contributed by atoms with van der Waals surface area (Å²) in [7, 11) is 0. The molecule has 2 amide bonds. The average molecular weight is 294 g/mol. The maximum Gasteiger partial charge on any atom is 0.252 e. The van der Waals surface area contributed by atoms with Gasteiger partial charge in [-0.1, -0.05) is 0 Å². The largest absolute Gasteiger partial charge is 0.350 e. The van der Waals surface area contributed by atoms with Gasteiger partial charge in [0.1, 0.15) is 0 Å². The van der Waals surface area contributed by atoms with Crippen LogP contribution < -0.4 is 10.6 Å². The molecule has 5 heteroatoms. The summed E-state index contributed by atoms with van der Waals surface area (Å²) in [5.74, 6) is -0.289. The van der Waals surface area contributed by atoms with Crippen molar-refractivity contribution in [3.8, 4) is 0 Å². The molecule has 2 rings (SSSR count). The molecule has 0 fully saturated rings. The van der Waals surface area contributed by atoms with Crippen LogP contribution in [0.15, 0.2) is 5.38 Å². The lowest BCUT2D eigenvalue weighted by atomic mass is 9.96. The first kappa shape index (κ1) is 15.0. The van der Waals surface area contributed by atoms with Crippen molar-refractivity contribution in [2.24, 2.45) is 0 Å². The lowest BCUT2D eigenvalue weighted by Crippen LogP contribution is -2.45. The van der Waals surface area contributed by atoms with Crippen molar-refractivity contribution in [1.29, 1.82) is 0 Å². The molecule has 2 N–H and O–H groups in total. The number of rotatable bonds is 3. The molecule has 0 bridgehead atoms. The Bertz CT molecular complexity index is 514. The van der Waals surface area contributed by atoms with Crippen LogP contribution in [0.4, 0.5) is 0 Å². The Morgan fingerprint density at radius 2 is 1.95 bits per heavy atom. The lowest BCUT2D eigenvalue weighted by molar-refractivity contribution is -0.121. The molecule has 1 aromatic rings. The molecule has 1 heterocycles. The maximum absolute atomic E-state index is 12.2. The summed E-state index contributed by atoms with van der Waals surface area (Å²) in [5.41, 5.74) is 1.67. The summed E-state index contributed by atoms with van der Waals surface area (Å²) in [6.07, 6.45) is 4.42. The first-order valence-corrected chi connectivity index (χ1v) is 7.93. The normalized spacial score (nSPS) is 14.6. The summed E-state index contributed by atoms with van der Waals surface area (Å²) in [6.45, 7) is 5.78. The van der Waals surface area contributed by atoms with Gasteiger partial charge in [0.2, 0.25) is 5.91 Å². The molecule has 0 aliphatic heterocycles. The summed E-state index contributed by atoms with van der Waals surface area (Å²) in [4.78, 5) is 25.2. The van der Waals surface area contributed by atoms with Crippen molar-refractivity contribution >= 4 is 23.2 Å². The molecule has 0 unspecified atom stereocenters. The molecular weight excluding hydrogens is 272 g/mol. The molecule has 1 aromatic heterocycles. The van der Waals surface area contributed by atoms with Gasteiger partial charge in [-0.2, -0.15) is 0 Å². The minimum atomic E-state index is -0.274. The number of carbonyl (C=O) groups is 2. The summed E-state index contributed by atoms with van der Waals surface area (Å²) in [5, 5.41) is 7.47. The van der Waals surface area contributed by atoms with Crippen LogP contribution >= 0.6 is 11.3 Å². The zero-order chi connectivity index (χ0) is 14.8. The fraction of sp³-hybridized carbons (Fsp3) is 0.600. The number of fused-ring (bicyclic) bond motifs is 1. The lowest BCUT2D eigenvalue weighted by Gasteiger charge is -2.20. The van der Waals surface area contributed by atoms with E-state index in [9.17, 15) is 9.59 Å². The van der Waals surface area contributed by atoms with E-state index in [0.29, 0.717) is 0 Å². The summed E-state index contributed by atoms with van der Waals surface area (Å²) in [6, 6.07) is 0. The zero-order valence-corrected chi connectivity index (χ0v) is 13.2. The topological polar surface area (TPSA) is 58.2 Å². The van der Waals surface area contributed by atoms with E-state index in [1.165, 1.54) is 16.9 Å². The Balaban J connectivity index is 1.92. The molecule has 0 saturated carbocycles. The fourth-order valence-corrected chi connectivity index (χ4v) is 3.53. The molecule has 0 spiro atoms. The quantitative estimate of drug-likeness (QED) is 0.898. The fourth-order valence-electron chi connectivity index (χ4n) is 2.40. The van der Waals surface area contributed by atoms with E-state index < -0.39 is 0 Å². The minimum Gasteiger partial charge on any atom is -0.350 e. The summed E-state index contributed by atoms with van der Waals surface area (Å²) >= 11 is 1.66. The van der Waals surface area contributed by atoms with Crippen LogP contribution in [0, 0.1) is 0 Å². The van der Waals surface area contributed by atoms with Crippen molar-refractivity contribution < 1.29 is 9.59 Å². The molecule has 1 aliphatic rings. The van der Waals surface area contributed by atoms with Crippen LogP contribution in [-0.4, -0.2) is 23.9 Å². The van der Waals surface area contributed by atoms with Gasteiger partial charge in [0, 0.05) is 15.8 Å². The number of carbonyl (C=O) groups excluding carboxylic acids is 2. The Morgan fingerprint density at radius 3 is 2.65 bits per heavy atom. The van der Waals surface area contributed by atoms with E-state index in [2.05, 4.69) is 10.6 Å². The minimum absolute atomic E-state index is 0.0285. The molecule has 20 heavy (non-hydrogen) atoms. The Hall–Kier alpha value is -1.36. The predicted molar refractivity (Wildman–Crippen MR) is 81.2 cm³/mol. The van der Waals surface area contributed by atoms with Gasteiger partial charge in [0.05, 0.1) is 12.1 Å². The summed E-state index contributed by atoms with van der Waals surface area (Å²) < 4.78 is 0. The smallest absolute Gasteiger partial charge is 0.252 e. The van der Waals surface area contributed by atoms with E-state index in [4.69, 9.17) is 0 Å². The van der Waals surface area contributed by atoms with E-state index in [1.807, 2.05) is 26.2 Å².